The van der Waals surface area contributed by atoms with Crippen molar-refractivity contribution in [2.75, 3.05) is 13.7 Å². The molecular formula is C14H20N2O. The Bertz CT molecular complexity index is 528. The highest BCUT2D eigenvalue weighted by atomic mass is 16.5. The van der Waals surface area contributed by atoms with Gasteiger partial charge in [0.15, 0.2) is 0 Å². The molecule has 0 radical (unpaired) electrons. The monoisotopic (exact) mass is 232 g/mol. The van der Waals surface area contributed by atoms with Crippen molar-refractivity contribution >= 4 is 10.9 Å². The highest BCUT2D eigenvalue weighted by Crippen LogP contribution is 2.33. The Morgan fingerprint density at radius 2 is 2.12 bits per heavy atom. The summed E-state index contributed by atoms with van der Waals surface area (Å²) in [5.41, 5.74) is 9.52. The van der Waals surface area contributed by atoms with Gasteiger partial charge in [-0.25, -0.2) is 0 Å². The second-order valence-electron chi connectivity index (χ2n) is 4.29. The van der Waals surface area contributed by atoms with Gasteiger partial charge in [-0.15, -0.1) is 0 Å². The average molecular weight is 232 g/mol. The summed E-state index contributed by atoms with van der Waals surface area (Å²) in [6.45, 7) is 5.93. The lowest BCUT2D eigenvalue weighted by molar-refractivity contribution is 0.419. The molecule has 0 saturated heterocycles. The van der Waals surface area contributed by atoms with Gasteiger partial charge < -0.3 is 15.0 Å². The zero-order valence-corrected chi connectivity index (χ0v) is 10.8. The summed E-state index contributed by atoms with van der Waals surface area (Å²) >= 11 is 0. The van der Waals surface area contributed by atoms with E-state index in [2.05, 4.69) is 30.7 Å². The minimum absolute atomic E-state index is 0.667. The molecule has 0 unspecified atom stereocenters. The highest BCUT2D eigenvalue weighted by Gasteiger charge is 2.13. The first-order chi connectivity index (χ1) is 8.22. The molecule has 92 valence electrons. The summed E-state index contributed by atoms with van der Waals surface area (Å²) in [4.78, 5) is 0. The van der Waals surface area contributed by atoms with E-state index in [0.717, 1.165) is 18.7 Å². The van der Waals surface area contributed by atoms with Crippen LogP contribution in [0.2, 0.25) is 0 Å². The van der Waals surface area contributed by atoms with Crippen LogP contribution in [0.5, 0.6) is 5.75 Å². The van der Waals surface area contributed by atoms with E-state index in [1.165, 1.54) is 22.0 Å². The van der Waals surface area contributed by atoms with Gasteiger partial charge in [0.05, 0.1) is 12.6 Å². The number of aromatic nitrogens is 1. The molecule has 17 heavy (non-hydrogen) atoms. The Morgan fingerprint density at radius 1 is 1.35 bits per heavy atom. The summed E-state index contributed by atoms with van der Waals surface area (Å²) in [6.07, 6.45) is 3.09. The van der Waals surface area contributed by atoms with Crippen molar-refractivity contribution < 1.29 is 4.74 Å². The zero-order valence-electron chi connectivity index (χ0n) is 10.8. The second-order valence-corrected chi connectivity index (χ2v) is 4.29. The largest absolute Gasteiger partial charge is 0.496 e. The molecule has 0 aliphatic rings. The van der Waals surface area contributed by atoms with Crippen LogP contribution < -0.4 is 10.5 Å². The smallest absolute Gasteiger partial charge is 0.128 e. The molecule has 0 aliphatic heterocycles. The van der Waals surface area contributed by atoms with Gasteiger partial charge in [-0.3, -0.25) is 0 Å². The normalized spacial score (nSPS) is 11.1. The number of aryl methyl sites for hydroxylation is 2. The number of methoxy groups -OCH3 is 1. The van der Waals surface area contributed by atoms with E-state index in [9.17, 15) is 0 Å². The van der Waals surface area contributed by atoms with E-state index in [0.29, 0.717) is 6.54 Å². The van der Waals surface area contributed by atoms with E-state index < -0.39 is 0 Å². The van der Waals surface area contributed by atoms with Gasteiger partial charge in [-0.05, 0) is 44.0 Å². The maximum absolute atomic E-state index is 5.68. The van der Waals surface area contributed by atoms with Crippen LogP contribution in [0.1, 0.15) is 18.1 Å². The third kappa shape index (κ3) is 1.91. The third-order valence-electron chi connectivity index (χ3n) is 3.24. The quantitative estimate of drug-likeness (QED) is 0.879. The molecule has 0 bridgehead atoms. The summed E-state index contributed by atoms with van der Waals surface area (Å²) in [5, 5.41) is 1.22. The predicted octanol–water partition coefficient (Wildman–Crippen LogP) is 2.48. The summed E-state index contributed by atoms with van der Waals surface area (Å²) < 4.78 is 7.75. The molecular weight excluding hydrogens is 212 g/mol. The first kappa shape index (κ1) is 12.0. The first-order valence-corrected chi connectivity index (χ1v) is 6.08. The number of benzene rings is 1. The molecule has 0 atom stereocenters. The number of nitrogens with two attached hydrogens (primary N) is 1. The van der Waals surface area contributed by atoms with Crippen molar-refractivity contribution in [2.24, 2.45) is 5.73 Å². The van der Waals surface area contributed by atoms with Crippen molar-refractivity contribution in [3.63, 3.8) is 0 Å². The minimum Gasteiger partial charge on any atom is -0.496 e. The minimum atomic E-state index is 0.667. The molecule has 2 N–H and O–H groups in total. The molecule has 2 rings (SSSR count). The number of ether oxygens (including phenoxy) is 1. The van der Waals surface area contributed by atoms with Gasteiger partial charge >= 0.3 is 0 Å². The van der Waals surface area contributed by atoms with Crippen LogP contribution in [0.3, 0.4) is 0 Å². The van der Waals surface area contributed by atoms with E-state index in [4.69, 9.17) is 10.5 Å². The van der Waals surface area contributed by atoms with Gasteiger partial charge in [0.25, 0.3) is 0 Å². The average Bonchev–Trinajstić information content (AvgIpc) is 2.70. The number of fused-ring (bicyclic) bond motifs is 1. The standard InChI is InChI=1S/C14H20N2O/c1-4-16-9-11(7-8-15)13-12(17-3)6-5-10(2)14(13)16/h5-6,9H,4,7-8,15H2,1-3H3. The molecule has 1 aromatic carbocycles. The van der Waals surface area contributed by atoms with Crippen LogP contribution in [0.15, 0.2) is 18.3 Å². The van der Waals surface area contributed by atoms with Crippen LogP contribution in [-0.2, 0) is 13.0 Å². The van der Waals surface area contributed by atoms with Crippen LogP contribution in [0.4, 0.5) is 0 Å². The van der Waals surface area contributed by atoms with Crippen molar-refractivity contribution in [2.45, 2.75) is 26.8 Å². The van der Waals surface area contributed by atoms with Crippen LogP contribution >= 0.6 is 0 Å². The number of hydrogen-bond acceptors (Lipinski definition) is 2. The Balaban J connectivity index is 2.78. The SMILES string of the molecule is CCn1cc(CCN)c2c(OC)ccc(C)c21. The molecule has 2 aromatic rings. The third-order valence-corrected chi connectivity index (χ3v) is 3.24. The number of rotatable bonds is 4. The van der Waals surface area contributed by atoms with Crippen molar-refractivity contribution in [1.29, 1.82) is 0 Å². The molecule has 0 aliphatic carbocycles. The van der Waals surface area contributed by atoms with Crippen molar-refractivity contribution in [1.82, 2.24) is 4.57 Å². The fourth-order valence-electron chi connectivity index (χ4n) is 2.44. The Hall–Kier alpha value is -1.48. The molecule has 0 fully saturated rings. The van der Waals surface area contributed by atoms with Crippen molar-refractivity contribution in [3.05, 3.63) is 29.5 Å². The maximum Gasteiger partial charge on any atom is 0.128 e. The van der Waals surface area contributed by atoms with Gasteiger partial charge in [-0.1, -0.05) is 6.07 Å². The molecule has 1 heterocycles. The van der Waals surface area contributed by atoms with Gasteiger partial charge in [-0.2, -0.15) is 0 Å². The van der Waals surface area contributed by atoms with Gasteiger partial charge in [0.2, 0.25) is 0 Å². The molecule has 0 spiro atoms. The zero-order chi connectivity index (χ0) is 12.4. The van der Waals surface area contributed by atoms with Crippen LogP contribution in [0.25, 0.3) is 10.9 Å². The summed E-state index contributed by atoms with van der Waals surface area (Å²) in [5.74, 6) is 0.946. The van der Waals surface area contributed by atoms with Crippen LogP contribution in [-0.4, -0.2) is 18.2 Å². The fraction of sp³-hybridized carbons (Fsp3) is 0.429. The Labute approximate surface area is 102 Å². The Kier molecular flexibility index (Phi) is 3.38. The summed E-state index contributed by atoms with van der Waals surface area (Å²) in [6, 6.07) is 4.15. The van der Waals surface area contributed by atoms with E-state index >= 15 is 0 Å². The van der Waals surface area contributed by atoms with E-state index in [1.807, 2.05) is 6.07 Å². The topological polar surface area (TPSA) is 40.2 Å². The molecule has 3 heteroatoms. The first-order valence-electron chi connectivity index (χ1n) is 6.08. The lowest BCUT2D eigenvalue weighted by atomic mass is 10.1. The van der Waals surface area contributed by atoms with E-state index in [1.54, 1.807) is 7.11 Å². The lowest BCUT2D eigenvalue weighted by Gasteiger charge is -2.08. The maximum atomic E-state index is 5.68. The number of nitrogens with zero attached hydrogens (tertiary/aromatic N) is 1. The molecule has 0 amide bonds. The van der Waals surface area contributed by atoms with Crippen molar-refractivity contribution in [3.8, 4) is 5.75 Å². The second kappa shape index (κ2) is 4.80. The fourth-order valence-corrected chi connectivity index (χ4v) is 2.44. The summed E-state index contributed by atoms with van der Waals surface area (Å²) in [7, 11) is 1.72. The Morgan fingerprint density at radius 3 is 2.71 bits per heavy atom. The molecule has 1 aromatic heterocycles. The lowest BCUT2D eigenvalue weighted by Crippen LogP contribution is -2.02. The number of hydrogen-bond donors (Lipinski definition) is 1. The van der Waals surface area contributed by atoms with E-state index in [-0.39, 0.29) is 0 Å². The van der Waals surface area contributed by atoms with Crippen LogP contribution in [0, 0.1) is 6.92 Å². The highest BCUT2D eigenvalue weighted by molar-refractivity contribution is 5.92. The molecule has 0 saturated carbocycles. The predicted molar refractivity (Wildman–Crippen MR) is 71.7 cm³/mol. The van der Waals surface area contributed by atoms with Gasteiger partial charge in [0, 0.05) is 18.1 Å². The molecule has 3 nitrogen and oxygen atoms in total. The van der Waals surface area contributed by atoms with Gasteiger partial charge in [0.1, 0.15) is 5.75 Å².